The minimum Gasteiger partial charge on any atom is -0.0808 e. The van der Waals surface area contributed by atoms with E-state index in [-0.39, 0.29) is 0 Å². The van der Waals surface area contributed by atoms with E-state index in [0.717, 1.165) is 23.7 Å². The Kier molecular flexibility index (Phi) is 5.41. The minimum atomic E-state index is 0.751. The molecule has 0 bridgehead atoms. The summed E-state index contributed by atoms with van der Waals surface area (Å²) >= 11 is 0. The zero-order valence-electron chi connectivity index (χ0n) is 15.1. The number of fused-ring (bicyclic) bond motifs is 1. The molecule has 0 aliphatic heterocycles. The van der Waals surface area contributed by atoms with E-state index in [0.29, 0.717) is 0 Å². The van der Waals surface area contributed by atoms with Crippen molar-refractivity contribution in [3.8, 4) is 0 Å². The van der Waals surface area contributed by atoms with E-state index < -0.39 is 0 Å². The summed E-state index contributed by atoms with van der Waals surface area (Å²) < 4.78 is 0. The smallest absolute Gasteiger partial charge is 0.0119 e. The van der Waals surface area contributed by atoms with Crippen LogP contribution in [-0.4, -0.2) is 0 Å². The molecule has 0 spiro atoms. The molecule has 23 heavy (non-hydrogen) atoms. The third-order valence-electron chi connectivity index (χ3n) is 6.03. The van der Waals surface area contributed by atoms with Crippen LogP contribution in [0.1, 0.15) is 69.1 Å². The highest BCUT2D eigenvalue weighted by Gasteiger charge is 2.41. The summed E-state index contributed by atoms with van der Waals surface area (Å²) in [5.41, 5.74) is 4.98. The fraction of sp³-hybridized carbons (Fsp3) is 0.565. The van der Waals surface area contributed by atoms with E-state index in [1.807, 2.05) is 0 Å². The van der Waals surface area contributed by atoms with Crippen molar-refractivity contribution in [2.75, 3.05) is 0 Å². The Balaban J connectivity index is 1.98. The van der Waals surface area contributed by atoms with E-state index in [2.05, 4.69) is 63.3 Å². The Morgan fingerprint density at radius 2 is 1.74 bits per heavy atom. The lowest BCUT2D eigenvalue weighted by atomic mass is 9.78. The van der Waals surface area contributed by atoms with Crippen LogP contribution in [0.4, 0.5) is 0 Å². The summed E-state index contributed by atoms with van der Waals surface area (Å²) in [7, 11) is 0. The van der Waals surface area contributed by atoms with Crippen molar-refractivity contribution in [1.82, 2.24) is 0 Å². The maximum atomic E-state index is 2.48. The van der Waals surface area contributed by atoms with Gasteiger partial charge >= 0.3 is 0 Å². The van der Waals surface area contributed by atoms with Crippen LogP contribution in [0.5, 0.6) is 0 Å². The third kappa shape index (κ3) is 3.18. The molecule has 0 aromatic heterocycles. The van der Waals surface area contributed by atoms with Crippen LogP contribution in [-0.2, 0) is 12.8 Å². The molecule has 2 aliphatic carbocycles. The second-order valence-corrected chi connectivity index (χ2v) is 7.41. The number of aryl methyl sites for hydroxylation is 1. The maximum Gasteiger partial charge on any atom is -0.0119 e. The maximum absolute atomic E-state index is 2.48. The van der Waals surface area contributed by atoms with Gasteiger partial charge in [-0.15, -0.1) is 0 Å². The Bertz CT molecular complexity index is 578. The highest BCUT2D eigenvalue weighted by Crippen LogP contribution is 2.51. The lowest BCUT2D eigenvalue weighted by Crippen LogP contribution is -2.16. The molecule has 124 valence electrons. The summed E-state index contributed by atoms with van der Waals surface area (Å²) in [6.45, 7) is 7.02. The lowest BCUT2D eigenvalue weighted by molar-refractivity contribution is 0.383. The SMILES string of the molecule is CCCc1cccc(C2CC3C=CC=CC3C2CC)c1CCC. The molecule has 3 rings (SSSR count). The van der Waals surface area contributed by atoms with Gasteiger partial charge in [-0.25, -0.2) is 0 Å². The second kappa shape index (κ2) is 7.51. The molecule has 0 saturated heterocycles. The van der Waals surface area contributed by atoms with Crippen molar-refractivity contribution in [2.45, 2.75) is 65.2 Å². The van der Waals surface area contributed by atoms with E-state index in [9.17, 15) is 0 Å². The van der Waals surface area contributed by atoms with Gasteiger partial charge in [-0.3, -0.25) is 0 Å². The van der Waals surface area contributed by atoms with Crippen molar-refractivity contribution in [2.24, 2.45) is 17.8 Å². The molecular formula is C23H32. The van der Waals surface area contributed by atoms with Gasteiger partial charge in [0, 0.05) is 0 Å². The van der Waals surface area contributed by atoms with Gasteiger partial charge in [-0.1, -0.05) is 82.5 Å². The molecule has 1 saturated carbocycles. The predicted octanol–water partition coefficient (Wildman–Crippen LogP) is 6.46. The molecule has 4 atom stereocenters. The Morgan fingerprint density at radius 3 is 2.48 bits per heavy atom. The van der Waals surface area contributed by atoms with Crippen LogP contribution in [0.25, 0.3) is 0 Å². The monoisotopic (exact) mass is 308 g/mol. The number of rotatable bonds is 6. The fourth-order valence-electron chi connectivity index (χ4n) is 5.08. The first-order valence-corrected chi connectivity index (χ1v) is 9.75. The number of benzene rings is 1. The lowest BCUT2D eigenvalue weighted by Gasteiger charge is -2.26. The summed E-state index contributed by atoms with van der Waals surface area (Å²) in [5, 5.41) is 0. The van der Waals surface area contributed by atoms with Crippen molar-refractivity contribution < 1.29 is 0 Å². The summed E-state index contributed by atoms with van der Waals surface area (Å²) in [4.78, 5) is 0. The van der Waals surface area contributed by atoms with Crippen molar-refractivity contribution in [3.63, 3.8) is 0 Å². The van der Waals surface area contributed by atoms with Crippen LogP contribution in [0.15, 0.2) is 42.5 Å². The molecule has 1 aromatic carbocycles. The zero-order valence-corrected chi connectivity index (χ0v) is 15.1. The van der Waals surface area contributed by atoms with Gasteiger partial charge in [-0.2, -0.15) is 0 Å². The average Bonchev–Trinajstić information content (AvgIpc) is 2.95. The molecule has 0 radical (unpaired) electrons. The Morgan fingerprint density at radius 1 is 0.957 bits per heavy atom. The van der Waals surface area contributed by atoms with Gasteiger partial charge in [0.05, 0.1) is 0 Å². The van der Waals surface area contributed by atoms with E-state index in [1.54, 1.807) is 16.7 Å². The molecule has 0 heterocycles. The zero-order chi connectivity index (χ0) is 16.2. The van der Waals surface area contributed by atoms with Crippen LogP contribution < -0.4 is 0 Å². The third-order valence-corrected chi connectivity index (χ3v) is 6.03. The highest BCUT2D eigenvalue weighted by molar-refractivity contribution is 5.40. The second-order valence-electron chi connectivity index (χ2n) is 7.41. The van der Waals surface area contributed by atoms with E-state index >= 15 is 0 Å². The largest absolute Gasteiger partial charge is 0.0808 e. The topological polar surface area (TPSA) is 0 Å². The van der Waals surface area contributed by atoms with Crippen molar-refractivity contribution >= 4 is 0 Å². The van der Waals surface area contributed by atoms with E-state index in [4.69, 9.17) is 0 Å². The molecule has 0 amide bonds. The molecule has 2 aliphatic rings. The van der Waals surface area contributed by atoms with Crippen molar-refractivity contribution in [3.05, 3.63) is 59.2 Å². The molecule has 0 nitrogen and oxygen atoms in total. The summed E-state index contributed by atoms with van der Waals surface area (Å²) in [5.74, 6) is 3.09. The number of hydrogen-bond acceptors (Lipinski definition) is 0. The molecular weight excluding hydrogens is 276 g/mol. The molecule has 0 N–H and O–H groups in total. The highest BCUT2D eigenvalue weighted by atomic mass is 14.5. The van der Waals surface area contributed by atoms with Crippen LogP contribution in [0, 0.1) is 17.8 Å². The van der Waals surface area contributed by atoms with Gasteiger partial charge in [-0.05, 0) is 59.6 Å². The minimum absolute atomic E-state index is 0.751. The van der Waals surface area contributed by atoms with Crippen LogP contribution >= 0.6 is 0 Å². The first-order valence-electron chi connectivity index (χ1n) is 9.75. The Hall–Kier alpha value is -1.30. The van der Waals surface area contributed by atoms with Crippen LogP contribution in [0.3, 0.4) is 0 Å². The molecule has 1 aromatic rings. The van der Waals surface area contributed by atoms with E-state index in [1.165, 1.54) is 38.5 Å². The average molecular weight is 309 g/mol. The number of allylic oxidation sites excluding steroid dienone is 4. The Labute approximate surface area is 142 Å². The van der Waals surface area contributed by atoms with Crippen LogP contribution in [0.2, 0.25) is 0 Å². The van der Waals surface area contributed by atoms with Gasteiger partial charge in [0.25, 0.3) is 0 Å². The first kappa shape index (κ1) is 16.6. The normalized spacial score (nSPS) is 29.0. The quantitative estimate of drug-likeness (QED) is 0.565. The summed E-state index contributed by atoms with van der Waals surface area (Å²) in [6, 6.07) is 7.14. The van der Waals surface area contributed by atoms with Gasteiger partial charge < -0.3 is 0 Å². The predicted molar refractivity (Wildman–Crippen MR) is 101 cm³/mol. The summed E-state index contributed by atoms with van der Waals surface area (Å²) in [6.07, 6.45) is 17.1. The number of hydrogen-bond donors (Lipinski definition) is 0. The standard InChI is InChI=1S/C23H32/c1-4-10-17-13-9-15-22(20(17)11-5-2)23-16-18-12-7-8-14-21(18)19(23)6-3/h7-9,12-15,18-19,21,23H,4-6,10-11,16H2,1-3H3. The molecule has 0 heteroatoms. The molecule has 4 unspecified atom stereocenters. The van der Waals surface area contributed by atoms with Crippen molar-refractivity contribution in [1.29, 1.82) is 0 Å². The van der Waals surface area contributed by atoms with Gasteiger partial charge in [0.1, 0.15) is 0 Å². The van der Waals surface area contributed by atoms with Gasteiger partial charge in [0.2, 0.25) is 0 Å². The molecule has 1 fully saturated rings. The fourth-order valence-corrected chi connectivity index (χ4v) is 5.08. The first-order chi connectivity index (χ1) is 11.3. The van der Waals surface area contributed by atoms with Gasteiger partial charge in [0.15, 0.2) is 0 Å².